The van der Waals surface area contributed by atoms with E-state index in [0.717, 1.165) is 40.2 Å². The van der Waals surface area contributed by atoms with Crippen LogP contribution in [-0.4, -0.2) is 57.5 Å². The largest absolute Gasteiger partial charge is 0.487 e. The first-order valence-corrected chi connectivity index (χ1v) is 14.8. The predicted molar refractivity (Wildman–Crippen MR) is 150 cm³/mol. The topological polar surface area (TPSA) is 113 Å². The summed E-state index contributed by atoms with van der Waals surface area (Å²) in [5.74, 6) is -1.60. The number of para-hydroxylation sites is 1. The summed E-state index contributed by atoms with van der Waals surface area (Å²) >= 11 is 3.71. The minimum absolute atomic E-state index is 0.0760. The third-order valence-corrected chi connectivity index (χ3v) is 9.38. The normalized spacial score (nSPS) is 22.9. The first kappa shape index (κ1) is 26.8. The van der Waals surface area contributed by atoms with Gasteiger partial charge < -0.3 is 24.2 Å². The molecule has 10 heteroatoms. The van der Waals surface area contributed by atoms with E-state index >= 15 is 0 Å². The highest BCUT2D eigenvalue weighted by Crippen LogP contribution is 2.43. The summed E-state index contributed by atoms with van der Waals surface area (Å²) in [6.45, 7) is 1.63. The second-order valence-corrected chi connectivity index (χ2v) is 11.8. The van der Waals surface area contributed by atoms with Gasteiger partial charge in [-0.3, -0.25) is 14.4 Å². The zero-order valence-electron chi connectivity index (χ0n) is 22.2. The molecule has 0 radical (unpaired) electrons. The molecule has 3 atom stereocenters. The number of carbonyl (C=O) groups excluding carboxylic acids is 2. The maximum absolute atomic E-state index is 14.1. The van der Waals surface area contributed by atoms with Gasteiger partial charge in [0.15, 0.2) is 5.58 Å². The van der Waals surface area contributed by atoms with Gasteiger partial charge in [-0.05, 0) is 55.5 Å². The van der Waals surface area contributed by atoms with E-state index in [-0.39, 0.29) is 18.4 Å². The molecule has 3 heterocycles. The fraction of sp³-hybridized carbons (Fsp3) is 0.467. The van der Waals surface area contributed by atoms with Crippen molar-refractivity contribution in [3.05, 3.63) is 57.7 Å². The number of benzene rings is 2. The SMILES string of the molecule is O=C(O)[C@H]1CCCC[C@H]1C(=O)N1CCc2c(Br)ccc(OCc3noc4ccccc34)c2[C@H]1CN1CCCC1=O. The number of halogens is 1. The van der Waals surface area contributed by atoms with E-state index in [1.807, 2.05) is 46.2 Å². The molecule has 3 aliphatic rings. The Hall–Kier alpha value is -3.40. The first-order valence-electron chi connectivity index (χ1n) is 14.0. The van der Waals surface area contributed by atoms with Gasteiger partial charge in [0, 0.05) is 41.5 Å². The van der Waals surface area contributed by atoms with Crippen molar-refractivity contribution < 1.29 is 28.8 Å². The van der Waals surface area contributed by atoms with Gasteiger partial charge in [-0.2, -0.15) is 0 Å². The van der Waals surface area contributed by atoms with Gasteiger partial charge in [-0.1, -0.05) is 46.1 Å². The van der Waals surface area contributed by atoms with E-state index in [4.69, 9.17) is 9.26 Å². The molecule has 1 aromatic heterocycles. The summed E-state index contributed by atoms with van der Waals surface area (Å²) in [4.78, 5) is 42.6. The van der Waals surface area contributed by atoms with Gasteiger partial charge in [0.1, 0.15) is 18.1 Å². The number of carbonyl (C=O) groups is 3. The number of likely N-dealkylation sites (tertiary alicyclic amines) is 1. The number of carboxylic acid groups (broad SMARTS) is 1. The lowest BCUT2D eigenvalue weighted by atomic mass is 9.77. The van der Waals surface area contributed by atoms with Crippen LogP contribution in [0.3, 0.4) is 0 Å². The molecule has 1 saturated carbocycles. The Balaban J connectivity index is 1.36. The monoisotopic (exact) mass is 609 g/mol. The maximum Gasteiger partial charge on any atom is 0.307 e. The number of aliphatic carboxylic acids is 1. The number of rotatable bonds is 7. The van der Waals surface area contributed by atoms with Gasteiger partial charge in [0.25, 0.3) is 0 Å². The molecule has 0 bridgehead atoms. The van der Waals surface area contributed by atoms with Crippen LogP contribution in [0.2, 0.25) is 0 Å². The van der Waals surface area contributed by atoms with E-state index in [0.29, 0.717) is 62.3 Å². The average molecular weight is 611 g/mol. The van der Waals surface area contributed by atoms with Gasteiger partial charge >= 0.3 is 5.97 Å². The van der Waals surface area contributed by atoms with E-state index in [2.05, 4.69) is 21.1 Å². The summed E-state index contributed by atoms with van der Waals surface area (Å²) in [6, 6.07) is 11.0. The van der Waals surface area contributed by atoms with Crippen LogP contribution < -0.4 is 4.74 Å². The summed E-state index contributed by atoms with van der Waals surface area (Å²) in [5, 5.41) is 15.0. The van der Waals surface area contributed by atoms with Crippen molar-refractivity contribution in [2.75, 3.05) is 19.6 Å². The van der Waals surface area contributed by atoms with E-state index in [9.17, 15) is 19.5 Å². The predicted octanol–water partition coefficient (Wildman–Crippen LogP) is 5.11. The van der Waals surface area contributed by atoms with Crippen molar-refractivity contribution in [2.24, 2.45) is 11.8 Å². The van der Waals surface area contributed by atoms with Crippen molar-refractivity contribution in [3.8, 4) is 5.75 Å². The number of carboxylic acids is 1. The van der Waals surface area contributed by atoms with E-state index < -0.39 is 23.8 Å². The van der Waals surface area contributed by atoms with E-state index in [1.165, 1.54) is 0 Å². The third kappa shape index (κ3) is 4.98. The molecule has 9 nitrogen and oxygen atoms in total. The highest BCUT2D eigenvalue weighted by molar-refractivity contribution is 9.10. The van der Waals surface area contributed by atoms with Gasteiger partial charge in [-0.15, -0.1) is 0 Å². The molecule has 2 fully saturated rings. The van der Waals surface area contributed by atoms with Gasteiger partial charge in [0.05, 0.1) is 17.9 Å². The number of hydrogen-bond donors (Lipinski definition) is 1. The Morgan fingerprint density at radius 2 is 1.85 bits per heavy atom. The van der Waals surface area contributed by atoms with Crippen molar-refractivity contribution >= 4 is 44.7 Å². The molecule has 1 aliphatic carbocycles. The Bertz CT molecular complexity index is 1450. The Kier molecular flexibility index (Phi) is 7.53. The van der Waals surface area contributed by atoms with Crippen LogP contribution in [0.4, 0.5) is 0 Å². The minimum atomic E-state index is -0.909. The Morgan fingerprint density at radius 3 is 2.62 bits per heavy atom. The number of ether oxygens (including phenoxy) is 1. The molecule has 210 valence electrons. The lowest BCUT2D eigenvalue weighted by Crippen LogP contribution is -2.50. The smallest absolute Gasteiger partial charge is 0.307 e. The second kappa shape index (κ2) is 11.2. The summed E-state index contributed by atoms with van der Waals surface area (Å²) in [7, 11) is 0. The molecule has 3 aromatic rings. The summed E-state index contributed by atoms with van der Waals surface area (Å²) in [5.41, 5.74) is 3.26. The Labute approximate surface area is 240 Å². The highest BCUT2D eigenvalue weighted by atomic mass is 79.9. The molecule has 0 unspecified atom stereocenters. The number of fused-ring (bicyclic) bond motifs is 2. The van der Waals surface area contributed by atoms with Crippen LogP contribution in [-0.2, 0) is 27.4 Å². The third-order valence-electron chi connectivity index (χ3n) is 8.64. The number of hydrogen-bond acceptors (Lipinski definition) is 6. The van der Waals surface area contributed by atoms with Crippen LogP contribution in [0.25, 0.3) is 11.0 Å². The molecule has 0 spiro atoms. The first-order chi connectivity index (χ1) is 19.4. The highest BCUT2D eigenvalue weighted by Gasteiger charge is 2.43. The molecule has 1 N–H and O–H groups in total. The summed E-state index contributed by atoms with van der Waals surface area (Å²) < 4.78 is 12.8. The van der Waals surface area contributed by atoms with Crippen molar-refractivity contribution in [3.63, 3.8) is 0 Å². The molecule has 1 saturated heterocycles. The number of aromatic nitrogens is 1. The molecule has 2 aliphatic heterocycles. The quantitative estimate of drug-likeness (QED) is 0.396. The second-order valence-electron chi connectivity index (χ2n) is 10.9. The lowest BCUT2D eigenvalue weighted by Gasteiger charge is -2.43. The van der Waals surface area contributed by atoms with Crippen molar-refractivity contribution in [1.29, 1.82) is 0 Å². The zero-order valence-corrected chi connectivity index (χ0v) is 23.8. The van der Waals surface area contributed by atoms with Crippen molar-refractivity contribution in [2.45, 2.75) is 57.6 Å². The standard InChI is InChI=1S/C30H32BrN3O6/c31-22-11-12-26(39-17-23-21-8-3-4-9-25(21)40-32-23)28-20(22)13-15-34(24(28)16-33-14-5-10-27(33)35)29(36)18-6-1-2-7-19(18)30(37)38/h3-4,8-9,11-12,18-19,24H,1-2,5-7,10,13-17H2,(H,37,38)/t18-,19+,24-/m1/s1. The maximum atomic E-state index is 14.1. The van der Waals surface area contributed by atoms with Gasteiger partial charge in [-0.25, -0.2) is 0 Å². The fourth-order valence-corrected chi connectivity index (χ4v) is 7.13. The minimum Gasteiger partial charge on any atom is -0.487 e. The molecule has 2 aromatic carbocycles. The molecule has 6 rings (SSSR count). The molecule has 40 heavy (non-hydrogen) atoms. The molecule has 2 amide bonds. The molecular weight excluding hydrogens is 578 g/mol. The average Bonchev–Trinajstić information content (AvgIpc) is 3.58. The van der Waals surface area contributed by atoms with Gasteiger partial charge in [0.2, 0.25) is 11.8 Å². The molecular formula is C30H32BrN3O6. The number of amides is 2. The summed E-state index contributed by atoms with van der Waals surface area (Å²) in [6.07, 6.45) is 4.62. The van der Waals surface area contributed by atoms with Crippen LogP contribution in [0.1, 0.15) is 61.4 Å². The van der Waals surface area contributed by atoms with Crippen LogP contribution >= 0.6 is 15.9 Å². The van der Waals surface area contributed by atoms with Crippen molar-refractivity contribution in [1.82, 2.24) is 15.0 Å². The van der Waals surface area contributed by atoms with E-state index in [1.54, 1.807) is 0 Å². The van der Waals surface area contributed by atoms with Crippen LogP contribution in [0.5, 0.6) is 5.75 Å². The Morgan fingerprint density at radius 1 is 1.05 bits per heavy atom. The lowest BCUT2D eigenvalue weighted by molar-refractivity contribution is -0.154. The number of nitrogens with zero attached hydrogens (tertiary/aromatic N) is 3. The van der Waals surface area contributed by atoms with Crippen LogP contribution in [0.15, 0.2) is 45.4 Å². The fourth-order valence-electron chi connectivity index (χ4n) is 6.59. The van der Waals surface area contributed by atoms with Crippen LogP contribution in [0, 0.1) is 11.8 Å². The zero-order chi connectivity index (χ0) is 27.8.